The van der Waals surface area contributed by atoms with Gasteiger partial charge in [0.25, 0.3) is 5.56 Å². The molecule has 7 heteroatoms. The van der Waals surface area contributed by atoms with E-state index in [1.165, 1.54) is 10.1 Å². The van der Waals surface area contributed by atoms with E-state index in [1.807, 2.05) is 61.5 Å². The number of hydrogen-bond donors (Lipinski definition) is 2. The molecular weight excluding hydrogens is 438 g/mol. The highest BCUT2D eigenvalue weighted by Gasteiger charge is 2.15. The van der Waals surface area contributed by atoms with Gasteiger partial charge in [-0.1, -0.05) is 66.7 Å². The lowest BCUT2D eigenvalue weighted by molar-refractivity contribution is -0.121. The van der Waals surface area contributed by atoms with Crippen molar-refractivity contribution in [1.29, 1.82) is 0 Å². The lowest BCUT2D eigenvalue weighted by Gasteiger charge is -2.14. The molecule has 7 nitrogen and oxygen atoms in total. The van der Waals surface area contributed by atoms with Crippen LogP contribution >= 0.6 is 0 Å². The quantitative estimate of drug-likeness (QED) is 0.391. The summed E-state index contributed by atoms with van der Waals surface area (Å²) in [6, 6.07) is 23.2. The molecule has 0 spiro atoms. The number of nitrogen functional groups attached to an aromatic ring is 1. The molecule has 3 N–H and O–H groups in total. The summed E-state index contributed by atoms with van der Waals surface area (Å²) in [7, 11) is 0. The van der Waals surface area contributed by atoms with E-state index in [0.717, 1.165) is 29.7 Å². The number of hydrogen-bond acceptors (Lipinski definition) is 5. The van der Waals surface area contributed by atoms with E-state index < -0.39 is 0 Å². The molecule has 0 unspecified atom stereocenters. The maximum atomic E-state index is 13.4. The number of nitrogens with one attached hydrogen (secondary N) is 1. The lowest BCUT2D eigenvalue weighted by Crippen LogP contribution is -2.34. The first kappa shape index (κ1) is 23.9. The number of nitrogens with zero attached hydrogens (tertiary/aromatic N) is 3. The Bertz CT molecular complexity index is 1350. The number of pyridine rings is 1. The van der Waals surface area contributed by atoms with E-state index in [9.17, 15) is 9.59 Å². The number of benzene rings is 2. The standard InChI is InChI=1S/C28H29N5O2/c1-20-23(15-16-25(29)32-20)17-30-26(34)19-33-27(22-12-6-3-7-13-22)31-18-24(28(33)35)14-8-11-21-9-4-2-5-10-21/h2-7,9-10,12-13,15-16,18H,8,11,14,17,19H2,1H3,(H2,29,32)(H,30,34). The summed E-state index contributed by atoms with van der Waals surface area (Å²) in [5, 5.41) is 2.89. The SMILES string of the molecule is Cc1nc(N)ccc1CNC(=O)Cn1c(-c2ccccc2)ncc(CCCc2ccccc2)c1=O. The number of carbonyl (C=O) groups is 1. The summed E-state index contributed by atoms with van der Waals surface area (Å²) >= 11 is 0. The van der Waals surface area contributed by atoms with Crippen LogP contribution in [0.5, 0.6) is 0 Å². The summed E-state index contributed by atoms with van der Waals surface area (Å²) in [5.74, 6) is 0.637. The fourth-order valence-electron chi connectivity index (χ4n) is 3.99. The fourth-order valence-corrected chi connectivity index (χ4v) is 3.99. The van der Waals surface area contributed by atoms with Crippen LogP contribution in [0.2, 0.25) is 0 Å². The molecule has 0 bridgehead atoms. The predicted molar refractivity (Wildman–Crippen MR) is 138 cm³/mol. The van der Waals surface area contributed by atoms with Crippen LogP contribution < -0.4 is 16.6 Å². The Hall–Kier alpha value is -4.26. The average molecular weight is 468 g/mol. The average Bonchev–Trinajstić information content (AvgIpc) is 2.87. The molecule has 4 aromatic rings. The van der Waals surface area contributed by atoms with Gasteiger partial charge in [-0.25, -0.2) is 9.97 Å². The summed E-state index contributed by atoms with van der Waals surface area (Å²) in [5.41, 5.74) is 9.77. The van der Waals surface area contributed by atoms with Crippen molar-refractivity contribution in [1.82, 2.24) is 19.9 Å². The monoisotopic (exact) mass is 467 g/mol. The molecule has 0 aliphatic heterocycles. The highest BCUT2D eigenvalue weighted by atomic mass is 16.2. The van der Waals surface area contributed by atoms with Crippen molar-refractivity contribution in [2.24, 2.45) is 0 Å². The molecule has 0 fully saturated rings. The minimum Gasteiger partial charge on any atom is -0.384 e. The maximum Gasteiger partial charge on any atom is 0.257 e. The molecule has 0 aliphatic carbocycles. The molecule has 0 aliphatic rings. The molecule has 0 atom stereocenters. The molecular formula is C28H29N5O2. The number of rotatable bonds is 9. The Morgan fingerprint density at radius 3 is 2.37 bits per heavy atom. The van der Waals surface area contributed by atoms with Crippen LogP contribution in [0.4, 0.5) is 5.82 Å². The third kappa shape index (κ3) is 6.20. The van der Waals surface area contributed by atoms with E-state index in [1.54, 1.807) is 12.3 Å². The van der Waals surface area contributed by atoms with Crippen molar-refractivity contribution in [2.45, 2.75) is 39.3 Å². The van der Waals surface area contributed by atoms with Crippen LogP contribution in [-0.4, -0.2) is 20.4 Å². The van der Waals surface area contributed by atoms with Gasteiger partial charge in [0.05, 0.1) is 0 Å². The second kappa shape index (κ2) is 11.2. The van der Waals surface area contributed by atoms with Gasteiger partial charge < -0.3 is 11.1 Å². The molecule has 35 heavy (non-hydrogen) atoms. The summed E-state index contributed by atoms with van der Waals surface area (Å²) in [6.07, 6.45) is 3.93. The van der Waals surface area contributed by atoms with Gasteiger partial charge in [0, 0.05) is 29.6 Å². The van der Waals surface area contributed by atoms with Crippen LogP contribution in [-0.2, 0) is 30.7 Å². The van der Waals surface area contributed by atoms with Crippen LogP contribution in [0.3, 0.4) is 0 Å². The third-order valence-electron chi connectivity index (χ3n) is 5.90. The Labute approximate surface area is 204 Å². The van der Waals surface area contributed by atoms with Crippen molar-refractivity contribution in [2.75, 3.05) is 5.73 Å². The van der Waals surface area contributed by atoms with Gasteiger partial charge in [0.2, 0.25) is 5.91 Å². The Morgan fingerprint density at radius 2 is 1.66 bits per heavy atom. The molecule has 0 radical (unpaired) electrons. The van der Waals surface area contributed by atoms with Crippen LogP contribution in [0.15, 0.2) is 83.8 Å². The first-order chi connectivity index (χ1) is 17.0. The van der Waals surface area contributed by atoms with Gasteiger partial charge in [-0.2, -0.15) is 0 Å². The Kier molecular flexibility index (Phi) is 7.67. The van der Waals surface area contributed by atoms with Gasteiger partial charge in [0.15, 0.2) is 0 Å². The Balaban J connectivity index is 1.53. The lowest BCUT2D eigenvalue weighted by atomic mass is 10.1. The minimum atomic E-state index is -0.274. The first-order valence-corrected chi connectivity index (χ1v) is 11.7. The van der Waals surface area contributed by atoms with E-state index in [0.29, 0.717) is 30.2 Å². The van der Waals surface area contributed by atoms with Crippen molar-refractivity contribution < 1.29 is 4.79 Å². The predicted octanol–water partition coefficient (Wildman–Crippen LogP) is 3.69. The molecule has 4 rings (SSSR count). The van der Waals surface area contributed by atoms with E-state index >= 15 is 0 Å². The minimum absolute atomic E-state index is 0.121. The molecule has 0 saturated heterocycles. The van der Waals surface area contributed by atoms with Gasteiger partial charge in [0.1, 0.15) is 18.2 Å². The zero-order valence-electron chi connectivity index (χ0n) is 19.8. The van der Waals surface area contributed by atoms with Crippen molar-refractivity contribution in [3.05, 3.63) is 112 Å². The van der Waals surface area contributed by atoms with E-state index in [-0.39, 0.29) is 18.0 Å². The largest absolute Gasteiger partial charge is 0.384 e. The van der Waals surface area contributed by atoms with E-state index in [4.69, 9.17) is 5.73 Å². The fraction of sp³-hybridized carbons (Fsp3) is 0.214. The summed E-state index contributed by atoms with van der Waals surface area (Å²) < 4.78 is 1.47. The molecule has 2 heterocycles. The number of aromatic nitrogens is 3. The normalized spacial score (nSPS) is 10.8. The highest BCUT2D eigenvalue weighted by molar-refractivity contribution is 5.76. The zero-order chi connectivity index (χ0) is 24.6. The maximum absolute atomic E-state index is 13.4. The molecule has 178 valence electrons. The topological polar surface area (TPSA) is 103 Å². The molecule has 2 aromatic carbocycles. The summed E-state index contributed by atoms with van der Waals surface area (Å²) in [6.45, 7) is 2.03. The van der Waals surface area contributed by atoms with Gasteiger partial charge in [-0.3, -0.25) is 14.2 Å². The second-order valence-electron chi connectivity index (χ2n) is 8.46. The van der Waals surface area contributed by atoms with Crippen LogP contribution in [0.1, 0.15) is 28.8 Å². The third-order valence-corrected chi connectivity index (χ3v) is 5.90. The summed E-state index contributed by atoms with van der Waals surface area (Å²) in [4.78, 5) is 35.1. The van der Waals surface area contributed by atoms with Gasteiger partial charge >= 0.3 is 0 Å². The number of carbonyl (C=O) groups excluding carboxylic acids is 1. The number of aryl methyl sites for hydroxylation is 3. The number of nitrogens with two attached hydrogens (primary N) is 1. The van der Waals surface area contributed by atoms with E-state index in [2.05, 4.69) is 27.4 Å². The first-order valence-electron chi connectivity index (χ1n) is 11.7. The smallest absolute Gasteiger partial charge is 0.257 e. The molecule has 0 saturated carbocycles. The van der Waals surface area contributed by atoms with Crippen molar-refractivity contribution in [3.8, 4) is 11.4 Å². The van der Waals surface area contributed by atoms with Gasteiger partial charge in [-0.15, -0.1) is 0 Å². The van der Waals surface area contributed by atoms with Gasteiger partial charge in [-0.05, 0) is 43.4 Å². The van der Waals surface area contributed by atoms with Crippen LogP contribution in [0.25, 0.3) is 11.4 Å². The van der Waals surface area contributed by atoms with Crippen molar-refractivity contribution in [3.63, 3.8) is 0 Å². The number of amides is 1. The molecule has 2 aromatic heterocycles. The van der Waals surface area contributed by atoms with Crippen molar-refractivity contribution >= 4 is 11.7 Å². The zero-order valence-corrected chi connectivity index (χ0v) is 19.8. The van der Waals surface area contributed by atoms with Crippen LogP contribution in [0, 0.1) is 6.92 Å². The second-order valence-corrected chi connectivity index (χ2v) is 8.46. The number of anilines is 1. The Morgan fingerprint density at radius 1 is 0.943 bits per heavy atom. The highest BCUT2D eigenvalue weighted by Crippen LogP contribution is 2.16. The molecule has 1 amide bonds.